The Morgan fingerprint density at radius 1 is 1.19 bits per heavy atom. The number of phosphoric acid groups is 3. The van der Waals surface area contributed by atoms with Gasteiger partial charge in [-0.25, -0.2) is 23.7 Å². The molecule has 204 valence electrons. The Balaban J connectivity index is 1.59. The second kappa shape index (κ2) is 9.59. The largest absolute Gasteiger partial charge is 0.490 e. The maximum absolute atomic E-state index is 12.0. The van der Waals surface area contributed by atoms with Gasteiger partial charge < -0.3 is 44.8 Å². The number of anilines is 1. The molecule has 0 spiro atoms. The van der Waals surface area contributed by atoms with Gasteiger partial charge in [0.1, 0.15) is 35.6 Å². The van der Waals surface area contributed by atoms with Crippen molar-refractivity contribution >= 4 is 40.3 Å². The summed E-state index contributed by atoms with van der Waals surface area (Å²) in [5.41, 5.74) is 5.29. The lowest BCUT2D eigenvalue weighted by Gasteiger charge is -2.27. The summed E-state index contributed by atoms with van der Waals surface area (Å²) < 4.78 is 53.2. The van der Waals surface area contributed by atoms with E-state index in [9.17, 15) is 33.7 Å². The maximum atomic E-state index is 12.0. The first-order chi connectivity index (χ1) is 17.0. The van der Waals surface area contributed by atoms with E-state index >= 15 is 0 Å². The standard InChI is InChI=1S/C15H21N6O13P3/c1-15(23)11(22)9(5-31-36(27,28)34-37(29,30)33-35(24,25)26)32-14(15)21-4-8(7-2-19-20-3-7)10-12(16)17-6-18-13(10)21/h2-4,6,9,11,14,22-23H,5H2,1H3,(H,19,20)(H,27,28)(H,29,30)(H2,16,17,18)(H2,24,25,26)/t9?,11-,14-,15-/m1/s1. The smallest absolute Gasteiger partial charge is 0.387 e. The summed E-state index contributed by atoms with van der Waals surface area (Å²) in [5.74, 6) is 0.0994. The maximum Gasteiger partial charge on any atom is 0.490 e. The molecule has 22 heteroatoms. The van der Waals surface area contributed by atoms with Crippen LogP contribution in [0, 0.1) is 0 Å². The Morgan fingerprint density at radius 2 is 1.89 bits per heavy atom. The van der Waals surface area contributed by atoms with Gasteiger partial charge in [0.05, 0.1) is 18.2 Å². The van der Waals surface area contributed by atoms with Crippen LogP contribution in [0.5, 0.6) is 0 Å². The first-order valence-corrected chi connectivity index (χ1v) is 14.5. The van der Waals surface area contributed by atoms with Gasteiger partial charge in [-0.05, 0) is 6.92 Å². The lowest BCUT2D eigenvalue weighted by atomic mass is 9.96. The van der Waals surface area contributed by atoms with E-state index in [0.717, 1.165) is 0 Å². The van der Waals surface area contributed by atoms with Gasteiger partial charge in [-0.15, -0.1) is 0 Å². The number of ether oxygens (including phenoxy) is 1. The molecule has 3 aromatic heterocycles. The number of aromatic nitrogens is 5. The van der Waals surface area contributed by atoms with E-state index in [2.05, 4.69) is 33.3 Å². The van der Waals surface area contributed by atoms with Crippen LogP contribution in [0.1, 0.15) is 13.2 Å². The minimum Gasteiger partial charge on any atom is -0.387 e. The molecule has 0 aromatic carbocycles. The van der Waals surface area contributed by atoms with Crippen LogP contribution in [0.25, 0.3) is 22.2 Å². The number of nitrogens with zero attached hydrogens (tertiary/aromatic N) is 4. The zero-order valence-corrected chi connectivity index (χ0v) is 21.2. The molecule has 1 aliphatic heterocycles. The number of rotatable bonds is 9. The van der Waals surface area contributed by atoms with Crippen molar-refractivity contribution in [2.75, 3.05) is 12.3 Å². The van der Waals surface area contributed by atoms with Crippen molar-refractivity contribution in [3.8, 4) is 11.1 Å². The second-order valence-electron chi connectivity index (χ2n) is 7.98. The minimum absolute atomic E-state index is 0.0994. The summed E-state index contributed by atoms with van der Waals surface area (Å²) in [5, 5.41) is 28.6. The molecule has 3 unspecified atom stereocenters. The van der Waals surface area contributed by atoms with Crippen LogP contribution in [0.4, 0.5) is 5.82 Å². The molecule has 9 N–H and O–H groups in total. The molecule has 0 amide bonds. The molecule has 1 saturated heterocycles. The van der Waals surface area contributed by atoms with Crippen molar-refractivity contribution < 1.29 is 61.4 Å². The van der Waals surface area contributed by atoms with Crippen LogP contribution >= 0.6 is 23.5 Å². The van der Waals surface area contributed by atoms with Crippen molar-refractivity contribution in [1.82, 2.24) is 24.7 Å². The summed E-state index contributed by atoms with van der Waals surface area (Å²) in [6.07, 6.45) is 1.11. The van der Waals surface area contributed by atoms with Gasteiger partial charge in [0.15, 0.2) is 6.23 Å². The van der Waals surface area contributed by atoms with Gasteiger partial charge in [0, 0.05) is 23.5 Å². The number of aliphatic hydroxyl groups excluding tert-OH is 1. The first-order valence-electron chi connectivity index (χ1n) is 9.95. The molecule has 0 radical (unpaired) electrons. The van der Waals surface area contributed by atoms with Crippen molar-refractivity contribution in [3.63, 3.8) is 0 Å². The normalized spacial score (nSPS) is 27.8. The van der Waals surface area contributed by atoms with Crippen LogP contribution < -0.4 is 5.73 Å². The van der Waals surface area contributed by atoms with E-state index in [4.69, 9.17) is 20.3 Å². The van der Waals surface area contributed by atoms with Crippen LogP contribution in [0.15, 0.2) is 24.9 Å². The zero-order chi connectivity index (χ0) is 27.4. The summed E-state index contributed by atoms with van der Waals surface area (Å²) in [4.78, 5) is 44.3. The molecule has 1 fully saturated rings. The SMILES string of the molecule is C[C@@]1(O)[C@H](O)C(COP(=O)(O)OP(=O)(O)OP(=O)(O)O)O[C@H]1n1cc(-c2cn[nH]c2)c2c(N)ncnc21. The number of hydrogen-bond donors (Lipinski definition) is 8. The van der Waals surface area contributed by atoms with Crippen molar-refractivity contribution in [2.24, 2.45) is 0 Å². The third-order valence-electron chi connectivity index (χ3n) is 5.27. The number of nitrogens with two attached hydrogens (primary N) is 1. The predicted octanol–water partition coefficient (Wildman–Crippen LogP) is -0.244. The number of aromatic amines is 1. The number of aliphatic hydroxyl groups is 2. The summed E-state index contributed by atoms with van der Waals surface area (Å²) >= 11 is 0. The molecule has 0 saturated carbocycles. The van der Waals surface area contributed by atoms with Crippen molar-refractivity contribution in [1.29, 1.82) is 0 Å². The molecule has 0 aliphatic carbocycles. The Labute approximate surface area is 206 Å². The van der Waals surface area contributed by atoms with Gasteiger partial charge in [-0.1, -0.05) is 0 Å². The molecular formula is C15H21N6O13P3. The third-order valence-corrected chi connectivity index (χ3v) is 9.08. The van der Waals surface area contributed by atoms with E-state index in [1.165, 1.54) is 30.2 Å². The van der Waals surface area contributed by atoms with Crippen molar-refractivity contribution in [3.05, 3.63) is 24.9 Å². The number of nitrogen functional groups attached to an aromatic ring is 1. The van der Waals surface area contributed by atoms with E-state index in [-0.39, 0.29) is 11.5 Å². The highest BCUT2D eigenvalue weighted by Crippen LogP contribution is 2.66. The highest BCUT2D eigenvalue weighted by Gasteiger charge is 2.54. The fourth-order valence-corrected chi connectivity index (χ4v) is 6.78. The molecule has 4 rings (SSSR count). The first kappa shape index (κ1) is 27.9. The van der Waals surface area contributed by atoms with Gasteiger partial charge in [-0.2, -0.15) is 13.7 Å². The molecule has 1 aliphatic rings. The molecule has 3 aromatic rings. The summed E-state index contributed by atoms with van der Waals surface area (Å²) in [7, 11) is -16.8. The summed E-state index contributed by atoms with van der Waals surface area (Å²) in [6, 6.07) is 0. The molecule has 6 atom stereocenters. The van der Waals surface area contributed by atoms with Crippen molar-refractivity contribution in [2.45, 2.75) is 31.0 Å². The van der Waals surface area contributed by atoms with Gasteiger partial charge in [-0.3, -0.25) is 9.62 Å². The van der Waals surface area contributed by atoms with E-state index < -0.39 is 54.1 Å². The lowest BCUT2D eigenvalue weighted by Crippen LogP contribution is -2.44. The fourth-order valence-electron chi connectivity index (χ4n) is 3.75. The topological polar surface area (TPSA) is 295 Å². The average molecular weight is 586 g/mol. The molecule has 19 nitrogen and oxygen atoms in total. The Morgan fingerprint density at radius 3 is 2.51 bits per heavy atom. The van der Waals surface area contributed by atoms with E-state index in [1.807, 2.05) is 0 Å². The van der Waals surface area contributed by atoms with Crippen LogP contribution in [-0.2, 0) is 31.6 Å². The van der Waals surface area contributed by atoms with Crippen LogP contribution in [-0.4, -0.2) is 78.9 Å². The highest BCUT2D eigenvalue weighted by molar-refractivity contribution is 7.66. The Bertz CT molecular complexity index is 1440. The van der Waals surface area contributed by atoms with E-state index in [0.29, 0.717) is 16.5 Å². The number of phosphoric ester groups is 1. The molecule has 37 heavy (non-hydrogen) atoms. The minimum atomic E-state index is -5.74. The quantitative estimate of drug-likeness (QED) is 0.150. The number of hydrogen-bond acceptors (Lipinski definition) is 13. The Kier molecular flexibility index (Phi) is 7.24. The van der Waals surface area contributed by atoms with Gasteiger partial charge in [0.2, 0.25) is 0 Å². The lowest BCUT2D eigenvalue weighted by molar-refractivity contribution is -0.0946. The molecule has 0 bridgehead atoms. The molecular weight excluding hydrogens is 565 g/mol. The zero-order valence-electron chi connectivity index (χ0n) is 18.5. The van der Waals surface area contributed by atoms with E-state index in [1.54, 1.807) is 6.20 Å². The average Bonchev–Trinajstić information content (AvgIpc) is 3.43. The van der Waals surface area contributed by atoms with Crippen LogP contribution in [0.2, 0.25) is 0 Å². The Hall–Kier alpha value is -2.08. The second-order valence-corrected chi connectivity index (χ2v) is 12.4. The van der Waals surface area contributed by atoms with Gasteiger partial charge in [0.25, 0.3) is 0 Å². The monoisotopic (exact) mass is 586 g/mol. The number of nitrogens with one attached hydrogen (secondary N) is 1. The fraction of sp³-hybridized carbons (Fsp3) is 0.400. The van der Waals surface area contributed by atoms with Crippen LogP contribution in [0.3, 0.4) is 0 Å². The number of H-pyrrole nitrogens is 1. The summed E-state index contributed by atoms with van der Waals surface area (Å²) in [6.45, 7) is 0.226. The predicted molar refractivity (Wildman–Crippen MR) is 120 cm³/mol. The third kappa shape index (κ3) is 5.84. The highest BCUT2D eigenvalue weighted by atomic mass is 31.3. The molecule has 4 heterocycles. The number of fused-ring (bicyclic) bond motifs is 1. The van der Waals surface area contributed by atoms with Gasteiger partial charge >= 0.3 is 23.5 Å².